The molecule has 5 rings (SSSR count). The number of aromatic nitrogens is 1. The van der Waals surface area contributed by atoms with Crippen LogP contribution in [0.15, 0.2) is 42.6 Å². The number of ether oxygens (including phenoxy) is 2. The minimum Gasteiger partial charge on any atom is -0.487 e. The van der Waals surface area contributed by atoms with Crippen LogP contribution >= 0.6 is 23.2 Å². The van der Waals surface area contributed by atoms with E-state index < -0.39 is 11.9 Å². The number of anilines is 1. The largest absolute Gasteiger partial charge is 0.487 e. The quantitative estimate of drug-likeness (QED) is 0.366. The molecule has 1 saturated heterocycles. The molecule has 2 aromatic carbocycles. The molecule has 1 atom stereocenters. The van der Waals surface area contributed by atoms with Gasteiger partial charge in [-0.2, -0.15) is 0 Å². The summed E-state index contributed by atoms with van der Waals surface area (Å²) in [5.41, 5.74) is 9.31. The van der Waals surface area contributed by atoms with Gasteiger partial charge in [-0.3, -0.25) is 0 Å². The Morgan fingerprint density at radius 1 is 1.16 bits per heavy atom. The Morgan fingerprint density at radius 3 is 2.70 bits per heavy atom. The average molecular weight is 546 g/mol. The molecule has 196 valence electrons. The lowest BCUT2D eigenvalue weighted by Crippen LogP contribution is -2.50. The number of fused-ring (bicyclic) bond motifs is 1. The molecule has 2 aliphatic rings. The summed E-state index contributed by atoms with van der Waals surface area (Å²) in [6.45, 7) is 4.53. The van der Waals surface area contributed by atoms with Crippen LogP contribution < -0.4 is 15.2 Å². The first kappa shape index (κ1) is 26.0. The lowest BCUT2D eigenvalue weighted by molar-refractivity contribution is -0.0171. The molecule has 0 radical (unpaired) electrons. The molecule has 0 unspecified atom stereocenters. The van der Waals surface area contributed by atoms with Crippen molar-refractivity contribution in [2.24, 2.45) is 0 Å². The number of hydrogen-bond donors (Lipinski definition) is 2. The van der Waals surface area contributed by atoms with Gasteiger partial charge in [0.1, 0.15) is 23.3 Å². The first-order chi connectivity index (χ1) is 17.8. The first-order valence-electron chi connectivity index (χ1n) is 12.5. The van der Waals surface area contributed by atoms with Gasteiger partial charge < -0.3 is 25.2 Å². The number of rotatable bonds is 6. The van der Waals surface area contributed by atoms with E-state index in [-0.39, 0.29) is 23.0 Å². The van der Waals surface area contributed by atoms with E-state index in [4.69, 9.17) is 38.4 Å². The number of likely N-dealkylation sites (tertiary alicyclic amines) is 1. The minimum atomic E-state index is -0.646. The van der Waals surface area contributed by atoms with Crippen LogP contribution in [0.4, 0.5) is 10.2 Å². The van der Waals surface area contributed by atoms with Crippen molar-refractivity contribution in [1.82, 2.24) is 9.88 Å². The van der Waals surface area contributed by atoms with E-state index in [2.05, 4.69) is 16.0 Å². The summed E-state index contributed by atoms with van der Waals surface area (Å²) in [5.74, 6) is 0.943. The summed E-state index contributed by atoms with van der Waals surface area (Å²) < 4.78 is 26.6. The van der Waals surface area contributed by atoms with Gasteiger partial charge in [-0.15, -0.1) is 0 Å². The number of β-amino-alcohol motifs (C(OH)–C–C–N with tert-alkyl or cyclic N) is 1. The smallest absolute Gasteiger partial charge is 0.166 e. The Hall–Kier alpha value is -2.58. The summed E-state index contributed by atoms with van der Waals surface area (Å²) in [4.78, 5) is 6.62. The number of aliphatic hydroxyl groups excluding tert-OH is 1. The highest BCUT2D eigenvalue weighted by Gasteiger charge is 2.39. The predicted octanol–water partition coefficient (Wildman–Crippen LogP) is 6.07. The molecule has 2 aliphatic heterocycles. The van der Waals surface area contributed by atoms with Gasteiger partial charge in [0.25, 0.3) is 0 Å². The van der Waals surface area contributed by atoms with Gasteiger partial charge >= 0.3 is 0 Å². The molecule has 3 N–H and O–H groups in total. The normalized spacial score (nSPS) is 17.8. The second-order valence-corrected chi connectivity index (χ2v) is 10.6. The number of nitrogen functional groups attached to an aromatic ring is 1. The lowest BCUT2D eigenvalue weighted by Gasteiger charge is -2.44. The summed E-state index contributed by atoms with van der Waals surface area (Å²) in [7, 11) is 0. The van der Waals surface area contributed by atoms with Crippen LogP contribution in [0.3, 0.4) is 0 Å². The van der Waals surface area contributed by atoms with E-state index in [0.717, 1.165) is 67.8 Å². The van der Waals surface area contributed by atoms with Gasteiger partial charge in [0, 0.05) is 42.0 Å². The number of piperidine rings is 1. The number of nitrogens with zero attached hydrogens (tertiary/aromatic N) is 2. The molecule has 37 heavy (non-hydrogen) atoms. The van der Waals surface area contributed by atoms with Crippen molar-refractivity contribution in [3.63, 3.8) is 0 Å². The highest BCUT2D eigenvalue weighted by Crippen LogP contribution is 2.42. The van der Waals surface area contributed by atoms with Crippen molar-refractivity contribution >= 4 is 29.0 Å². The second kappa shape index (κ2) is 10.7. The van der Waals surface area contributed by atoms with E-state index in [9.17, 15) is 9.50 Å². The maximum Gasteiger partial charge on any atom is 0.166 e. The summed E-state index contributed by atoms with van der Waals surface area (Å²) in [6, 6.07) is 10.7. The lowest BCUT2D eigenvalue weighted by atomic mass is 9.82. The number of aryl methyl sites for hydroxylation is 1. The zero-order chi connectivity index (χ0) is 26.2. The van der Waals surface area contributed by atoms with Gasteiger partial charge in [-0.05, 0) is 74.1 Å². The number of nitrogens with two attached hydrogens (primary N) is 1. The second-order valence-electron chi connectivity index (χ2n) is 9.80. The van der Waals surface area contributed by atoms with E-state index in [1.807, 2.05) is 18.2 Å². The number of aliphatic hydroxyl groups is 1. The maximum absolute atomic E-state index is 14.0. The number of pyridine rings is 1. The first-order valence-corrected chi connectivity index (χ1v) is 13.3. The molecule has 1 aromatic heterocycles. The predicted molar refractivity (Wildman–Crippen MR) is 144 cm³/mol. The minimum absolute atomic E-state index is 0.0748. The number of hydrogen-bond acceptors (Lipinski definition) is 6. The molecule has 1 fully saturated rings. The molecular weight excluding hydrogens is 516 g/mol. The Kier molecular flexibility index (Phi) is 7.50. The Labute approximate surface area is 226 Å². The maximum atomic E-state index is 14.0. The summed E-state index contributed by atoms with van der Waals surface area (Å²) >= 11 is 12.4. The zero-order valence-corrected chi connectivity index (χ0v) is 22.2. The van der Waals surface area contributed by atoms with Crippen LogP contribution in [0.5, 0.6) is 11.5 Å². The van der Waals surface area contributed by atoms with Crippen LogP contribution in [-0.2, 0) is 6.42 Å². The molecule has 3 heterocycles. The highest BCUT2D eigenvalue weighted by atomic mass is 35.5. The van der Waals surface area contributed by atoms with Gasteiger partial charge in [0.2, 0.25) is 0 Å². The molecule has 9 heteroatoms. The summed E-state index contributed by atoms with van der Waals surface area (Å²) in [6.07, 6.45) is 4.90. The van der Waals surface area contributed by atoms with Gasteiger partial charge in [0.15, 0.2) is 11.6 Å². The standard InChI is InChI=1S/C28H30Cl2FN3O3/c1-17(25-21(29)3-4-22(31)26(25)30)36-24-15-20(16-33-27(24)32)18-2-5-23-19(14-18)6-7-28(37-23)8-10-34(11-9-28)12-13-35/h2-5,14-17,35H,6-13H2,1H3,(H2,32,33)/t17-/m1/s1. The van der Waals surface area contributed by atoms with Gasteiger partial charge in [0.05, 0.1) is 11.6 Å². The Bertz CT molecular complexity index is 1300. The Morgan fingerprint density at radius 2 is 1.95 bits per heavy atom. The van der Waals surface area contributed by atoms with Crippen molar-refractivity contribution in [3.05, 3.63) is 69.6 Å². The molecule has 0 amide bonds. The molecule has 6 nitrogen and oxygen atoms in total. The van der Waals surface area contributed by atoms with Crippen molar-refractivity contribution in [3.8, 4) is 22.6 Å². The van der Waals surface area contributed by atoms with Gasteiger partial charge in [-0.1, -0.05) is 29.3 Å². The third-order valence-electron chi connectivity index (χ3n) is 7.43. The van der Waals surface area contributed by atoms with Crippen molar-refractivity contribution in [2.45, 2.75) is 44.3 Å². The summed E-state index contributed by atoms with van der Waals surface area (Å²) in [5, 5.41) is 9.45. The van der Waals surface area contributed by atoms with Crippen molar-refractivity contribution < 1.29 is 19.0 Å². The molecule has 3 aromatic rings. The van der Waals surface area contributed by atoms with E-state index in [1.54, 1.807) is 13.1 Å². The van der Waals surface area contributed by atoms with Gasteiger partial charge in [-0.25, -0.2) is 9.37 Å². The average Bonchev–Trinajstić information content (AvgIpc) is 2.89. The van der Waals surface area contributed by atoms with Crippen molar-refractivity contribution in [1.29, 1.82) is 0 Å². The topological polar surface area (TPSA) is 80.8 Å². The van der Waals surface area contributed by atoms with E-state index in [0.29, 0.717) is 16.3 Å². The number of benzene rings is 2. The molecule has 0 aliphatic carbocycles. The molecule has 0 saturated carbocycles. The van der Waals surface area contributed by atoms with Crippen molar-refractivity contribution in [2.75, 3.05) is 32.0 Å². The van der Waals surface area contributed by atoms with Crippen LogP contribution in [0.25, 0.3) is 11.1 Å². The fourth-order valence-electron chi connectivity index (χ4n) is 5.25. The SMILES string of the molecule is C[C@@H](Oc1cc(-c2ccc3c(c2)CCC2(CCN(CCO)CC2)O3)cnc1N)c1c(Cl)ccc(F)c1Cl. The van der Waals surface area contributed by atoms with Crippen LogP contribution in [0.2, 0.25) is 10.0 Å². The zero-order valence-electron chi connectivity index (χ0n) is 20.6. The molecule has 1 spiro atoms. The fraction of sp³-hybridized carbons (Fsp3) is 0.393. The Balaban J connectivity index is 1.34. The third-order valence-corrected chi connectivity index (χ3v) is 8.14. The van der Waals surface area contributed by atoms with E-state index in [1.165, 1.54) is 12.1 Å². The molecule has 0 bridgehead atoms. The van der Waals surface area contributed by atoms with Crippen LogP contribution in [-0.4, -0.2) is 46.8 Å². The fourth-order valence-corrected chi connectivity index (χ4v) is 5.93. The monoisotopic (exact) mass is 545 g/mol. The van der Waals surface area contributed by atoms with Crippen LogP contribution in [0.1, 0.15) is 43.4 Å². The molecular formula is C28H30Cl2FN3O3. The van der Waals surface area contributed by atoms with Crippen LogP contribution in [0, 0.1) is 5.82 Å². The number of halogens is 3. The highest BCUT2D eigenvalue weighted by molar-refractivity contribution is 6.36. The third kappa shape index (κ3) is 5.36. The van der Waals surface area contributed by atoms with E-state index >= 15 is 0 Å².